The molecular formula is C20H18O4. The Morgan fingerprint density at radius 2 is 1.92 bits per heavy atom. The molecule has 0 N–H and O–H groups in total. The summed E-state index contributed by atoms with van der Waals surface area (Å²) in [4.78, 5) is 12.4. The average molecular weight is 322 g/mol. The minimum Gasteiger partial charge on any atom is -0.489 e. The van der Waals surface area contributed by atoms with Gasteiger partial charge in [0.1, 0.15) is 25.6 Å². The highest BCUT2D eigenvalue weighted by Gasteiger charge is 2.13. The highest BCUT2D eigenvalue weighted by molar-refractivity contribution is 6.07. The smallest absolute Gasteiger partial charge is 0.185 e. The van der Waals surface area contributed by atoms with Gasteiger partial charge in [-0.2, -0.15) is 0 Å². The monoisotopic (exact) mass is 322 g/mol. The molecule has 4 heteroatoms. The lowest BCUT2D eigenvalue weighted by Crippen LogP contribution is -2.15. The Labute approximate surface area is 141 Å². The number of ketones is 1. The Bertz CT molecular complexity index is 777. The van der Waals surface area contributed by atoms with Crippen molar-refractivity contribution in [3.05, 3.63) is 72.3 Å². The van der Waals surface area contributed by atoms with Crippen molar-refractivity contribution in [1.29, 1.82) is 0 Å². The normalized spacial score (nSPS) is 12.8. The van der Waals surface area contributed by atoms with Crippen molar-refractivity contribution in [2.45, 2.75) is 0 Å². The van der Waals surface area contributed by atoms with E-state index in [4.69, 9.17) is 14.2 Å². The number of para-hydroxylation sites is 1. The Hall–Kier alpha value is -3.01. The fourth-order valence-corrected chi connectivity index (χ4v) is 2.36. The van der Waals surface area contributed by atoms with E-state index in [-0.39, 0.29) is 5.78 Å². The molecule has 1 heterocycles. The van der Waals surface area contributed by atoms with E-state index < -0.39 is 0 Å². The molecule has 1 aliphatic rings. The topological polar surface area (TPSA) is 44.8 Å². The van der Waals surface area contributed by atoms with E-state index in [2.05, 4.69) is 6.58 Å². The van der Waals surface area contributed by atoms with Crippen LogP contribution in [0.1, 0.15) is 15.9 Å². The van der Waals surface area contributed by atoms with E-state index in [0.717, 1.165) is 5.56 Å². The summed E-state index contributed by atoms with van der Waals surface area (Å²) in [5.74, 6) is 1.88. The third-order valence-corrected chi connectivity index (χ3v) is 3.52. The highest BCUT2D eigenvalue weighted by Crippen LogP contribution is 2.31. The predicted molar refractivity (Wildman–Crippen MR) is 92.9 cm³/mol. The van der Waals surface area contributed by atoms with E-state index in [1.54, 1.807) is 30.4 Å². The third-order valence-electron chi connectivity index (χ3n) is 3.52. The van der Waals surface area contributed by atoms with Crippen LogP contribution in [0.5, 0.6) is 17.2 Å². The largest absolute Gasteiger partial charge is 0.489 e. The Morgan fingerprint density at radius 3 is 2.75 bits per heavy atom. The van der Waals surface area contributed by atoms with Crippen LogP contribution in [0.25, 0.3) is 6.08 Å². The van der Waals surface area contributed by atoms with Gasteiger partial charge in [-0.15, -0.1) is 0 Å². The number of allylic oxidation sites excluding steroid dienone is 1. The molecule has 2 aromatic carbocycles. The molecule has 0 atom stereocenters. The zero-order chi connectivity index (χ0) is 16.8. The molecule has 122 valence electrons. The van der Waals surface area contributed by atoms with Crippen LogP contribution in [-0.2, 0) is 0 Å². The van der Waals surface area contributed by atoms with Gasteiger partial charge < -0.3 is 14.2 Å². The van der Waals surface area contributed by atoms with E-state index in [1.807, 2.05) is 24.3 Å². The summed E-state index contributed by atoms with van der Waals surface area (Å²) in [6, 6.07) is 12.7. The van der Waals surface area contributed by atoms with Gasteiger partial charge in [0.2, 0.25) is 0 Å². The molecule has 0 aromatic heterocycles. The van der Waals surface area contributed by atoms with Crippen LogP contribution in [0.3, 0.4) is 0 Å². The number of carbonyl (C=O) groups excluding carboxylic acids is 1. The third kappa shape index (κ3) is 3.66. The zero-order valence-corrected chi connectivity index (χ0v) is 13.2. The van der Waals surface area contributed by atoms with Crippen LogP contribution >= 0.6 is 0 Å². The summed E-state index contributed by atoms with van der Waals surface area (Å²) in [5, 5.41) is 0. The summed E-state index contributed by atoms with van der Waals surface area (Å²) < 4.78 is 16.6. The van der Waals surface area contributed by atoms with Gasteiger partial charge in [0, 0.05) is 11.1 Å². The molecule has 0 unspecified atom stereocenters. The predicted octanol–water partition coefficient (Wildman–Crippen LogP) is 3.92. The van der Waals surface area contributed by atoms with Crippen LogP contribution in [0.2, 0.25) is 0 Å². The quantitative estimate of drug-likeness (QED) is 0.459. The first-order valence-electron chi connectivity index (χ1n) is 7.73. The van der Waals surface area contributed by atoms with Crippen LogP contribution in [0, 0.1) is 0 Å². The Morgan fingerprint density at radius 1 is 1.12 bits per heavy atom. The molecule has 24 heavy (non-hydrogen) atoms. The molecule has 0 amide bonds. The molecule has 0 saturated carbocycles. The van der Waals surface area contributed by atoms with Gasteiger partial charge in [0.25, 0.3) is 0 Å². The van der Waals surface area contributed by atoms with Crippen molar-refractivity contribution >= 4 is 11.9 Å². The number of carbonyl (C=O) groups is 1. The van der Waals surface area contributed by atoms with Crippen LogP contribution < -0.4 is 14.2 Å². The zero-order valence-electron chi connectivity index (χ0n) is 13.2. The molecule has 0 fully saturated rings. The fourth-order valence-electron chi connectivity index (χ4n) is 2.36. The van der Waals surface area contributed by atoms with Gasteiger partial charge >= 0.3 is 0 Å². The van der Waals surface area contributed by atoms with Crippen LogP contribution in [0.4, 0.5) is 0 Å². The number of rotatable bonds is 6. The minimum absolute atomic E-state index is 0.106. The SMILES string of the molecule is C=CCOc1ccccc1/C=C/C(=O)c1ccc2c(c1)OCCO2. The van der Waals surface area contributed by atoms with Gasteiger partial charge in [-0.05, 0) is 36.4 Å². The Balaban J connectivity index is 1.77. The van der Waals surface area contributed by atoms with Crippen molar-refractivity contribution in [2.24, 2.45) is 0 Å². The lowest BCUT2D eigenvalue weighted by molar-refractivity contribution is 0.104. The van der Waals surface area contributed by atoms with Gasteiger partial charge in [0.15, 0.2) is 17.3 Å². The molecule has 1 aliphatic heterocycles. The van der Waals surface area contributed by atoms with Crippen molar-refractivity contribution in [3.63, 3.8) is 0 Å². The van der Waals surface area contributed by atoms with E-state index in [0.29, 0.717) is 42.6 Å². The lowest BCUT2D eigenvalue weighted by atomic mass is 10.1. The lowest BCUT2D eigenvalue weighted by Gasteiger charge is -2.18. The van der Waals surface area contributed by atoms with Crippen molar-refractivity contribution in [3.8, 4) is 17.2 Å². The molecule has 2 aromatic rings. The number of hydrogen-bond acceptors (Lipinski definition) is 4. The van der Waals surface area contributed by atoms with Crippen molar-refractivity contribution in [1.82, 2.24) is 0 Å². The highest BCUT2D eigenvalue weighted by atomic mass is 16.6. The number of fused-ring (bicyclic) bond motifs is 1. The number of benzene rings is 2. The second kappa shape index (κ2) is 7.51. The maximum absolute atomic E-state index is 12.4. The molecular weight excluding hydrogens is 304 g/mol. The summed E-state index contributed by atoms with van der Waals surface area (Å²) in [5.41, 5.74) is 1.39. The van der Waals surface area contributed by atoms with Crippen LogP contribution in [0.15, 0.2) is 61.2 Å². The molecule has 0 aliphatic carbocycles. The minimum atomic E-state index is -0.106. The van der Waals surface area contributed by atoms with E-state index in [9.17, 15) is 4.79 Å². The molecule has 4 nitrogen and oxygen atoms in total. The fraction of sp³-hybridized carbons (Fsp3) is 0.150. The average Bonchev–Trinajstić information content (AvgIpc) is 2.64. The van der Waals surface area contributed by atoms with E-state index >= 15 is 0 Å². The molecule has 3 rings (SSSR count). The van der Waals surface area contributed by atoms with Crippen molar-refractivity contribution in [2.75, 3.05) is 19.8 Å². The van der Waals surface area contributed by atoms with Gasteiger partial charge in [0.05, 0.1) is 0 Å². The van der Waals surface area contributed by atoms with Gasteiger partial charge in [-0.3, -0.25) is 4.79 Å². The second-order valence-corrected chi connectivity index (χ2v) is 5.19. The van der Waals surface area contributed by atoms with Gasteiger partial charge in [-0.1, -0.05) is 30.9 Å². The maximum atomic E-state index is 12.4. The van der Waals surface area contributed by atoms with Crippen LogP contribution in [-0.4, -0.2) is 25.6 Å². The molecule has 0 spiro atoms. The standard InChI is InChI=1S/C20H18O4/c1-2-11-22-18-6-4-3-5-15(18)7-9-17(21)16-8-10-19-20(14-16)24-13-12-23-19/h2-10,14H,1,11-13H2/b9-7+. The van der Waals surface area contributed by atoms with Gasteiger partial charge in [-0.25, -0.2) is 0 Å². The summed E-state index contributed by atoms with van der Waals surface area (Å²) in [6.45, 7) is 5.08. The second-order valence-electron chi connectivity index (χ2n) is 5.19. The number of ether oxygens (including phenoxy) is 3. The van der Waals surface area contributed by atoms with E-state index in [1.165, 1.54) is 6.08 Å². The molecule has 0 saturated heterocycles. The first-order valence-corrected chi connectivity index (χ1v) is 7.73. The Kier molecular flexibility index (Phi) is 4.96. The van der Waals surface area contributed by atoms with Crippen molar-refractivity contribution < 1.29 is 19.0 Å². The number of hydrogen-bond donors (Lipinski definition) is 0. The first kappa shape index (κ1) is 15.9. The summed E-state index contributed by atoms with van der Waals surface area (Å²) >= 11 is 0. The summed E-state index contributed by atoms with van der Waals surface area (Å²) in [6.07, 6.45) is 4.96. The molecule has 0 bridgehead atoms. The summed E-state index contributed by atoms with van der Waals surface area (Å²) in [7, 11) is 0. The molecule has 0 radical (unpaired) electrons. The first-order chi connectivity index (χ1) is 11.8. The maximum Gasteiger partial charge on any atom is 0.185 e.